The van der Waals surface area contributed by atoms with Crippen LogP contribution in [0.2, 0.25) is 0 Å². The monoisotopic (exact) mass is 601 g/mol. The zero-order chi connectivity index (χ0) is 31.1. The number of esters is 2. The number of ether oxygens (including phenoxy) is 2. The maximum Gasteiger partial charge on any atom is 0.336 e. The molecule has 228 valence electrons. The maximum absolute atomic E-state index is 13.8. The van der Waals surface area contributed by atoms with Crippen LogP contribution in [-0.4, -0.2) is 40.7 Å². The van der Waals surface area contributed by atoms with Gasteiger partial charge in [-0.25, -0.2) is 14.3 Å². The van der Waals surface area contributed by atoms with Gasteiger partial charge < -0.3 is 14.8 Å². The molecule has 0 aliphatic carbocycles. The van der Waals surface area contributed by atoms with E-state index in [1.165, 1.54) is 4.90 Å². The molecule has 2 heterocycles. The number of carbonyl (C=O) groups excluding carboxylic acids is 2. The fourth-order valence-electron chi connectivity index (χ4n) is 4.95. The van der Waals surface area contributed by atoms with Gasteiger partial charge in [-0.1, -0.05) is 65.0 Å². The molecule has 0 unspecified atom stereocenters. The van der Waals surface area contributed by atoms with Crippen molar-refractivity contribution in [2.24, 2.45) is 11.8 Å². The largest absolute Gasteiger partial charge is 0.462 e. The van der Waals surface area contributed by atoms with Gasteiger partial charge in [-0.3, -0.25) is 0 Å². The van der Waals surface area contributed by atoms with Crippen LogP contribution in [0.5, 0.6) is 0 Å². The normalized spacial score (nSPS) is 14.0. The summed E-state index contributed by atoms with van der Waals surface area (Å²) in [5.41, 5.74) is 5.22. The molecule has 2 aromatic carbocycles. The SMILES string of the molecule is CCCSc1ccc(-c2nn(-c3ccccc3)cc2C2C(C(=O)OCC(C)C)=C(C)NC(C)=C2C(=O)OCC(C)C)cc1. The van der Waals surface area contributed by atoms with E-state index in [2.05, 4.69) is 36.5 Å². The van der Waals surface area contributed by atoms with Crippen molar-refractivity contribution in [3.8, 4) is 16.9 Å². The van der Waals surface area contributed by atoms with Crippen LogP contribution in [0.15, 0.2) is 88.2 Å². The summed E-state index contributed by atoms with van der Waals surface area (Å²) in [6.45, 7) is 14.4. The summed E-state index contributed by atoms with van der Waals surface area (Å²) in [6.07, 6.45) is 3.02. The van der Waals surface area contributed by atoms with E-state index in [9.17, 15) is 9.59 Å². The number of dihydropyridines is 1. The lowest BCUT2D eigenvalue weighted by Crippen LogP contribution is -2.33. The Morgan fingerprint density at radius 2 is 1.44 bits per heavy atom. The van der Waals surface area contributed by atoms with Crippen LogP contribution in [0.25, 0.3) is 16.9 Å². The van der Waals surface area contributed by atoms with Crippen LogP contribution in [0, 0.1) is 11.8 Å². The Bertz CT molecular complexity index is 1440. The van der Waals surface area contributed by atoms with Crippen LogP contribution >= 0.6 is 11.8 Å². The summed E-state index contributed by atoms with van der Waals surface area (Å²) >= 11 is 1.81. The van der Waals surface area contributed by atoms with Gasteiger partial charge in [0.05, 0.1) is 41.7 Å². The van der Waals surface area contributed by atoms with E-state index in [-0.39, 0.29) is 25.0 Å². The molecule has 0 atom stereocenters. The number of aromatic nitrogens is 2. The van der Waals surface area contributed by atoms with Crippen molar-refractivity contribution in [2.75, 3.05) is 19.0 Å². The van der Waals surface area contributed by atoms with Crippen molar-refractivity contribution >= 4 is 23.7 Å². The highest BCUT2D eigenvalue weighted by atomic mass is 32.2. The Morgan fingerprint density at radius 1 is 0.884 bits per heavy atom. The van der Waals surface area contributed by atoms with E-state index in [1.807, 2.05) is 94.5 Å². The van der Waals surface area contributed by atoms with E-state index in [0.29, 0.717) is 28.2 Å². The summed E-state index contributed by atoms with van der Waals surface area (Å²) in [5, 5.41) is 8.31. The third-order valence-corrected chi connectivity index (χ3v) is 8.19. The smallest absolute Gasteiger partial charge is 0.336 e. The third-order valence-electron chi connectivity index (χ3n) is 6.97. The summed E-state index contributed by atoms with van der Waals surface area (Å²) in [4.78, 5) is 28.7. The van der Waals surface area contributed by atoms with Gasteiger partial charge in [0.25, 0.3) is 0 Å². The number of nitrogens with zero attached hydrogens (tertiary/aromatic N) is 2. The van der Waals surface area contributed by atoms with Crippen LogP contribution in [0.4, 0.5) is 0 Å². The van der Waals surface area contributed by atoms with Crippen molar-refractivity contribution in [1.82, 2.24) is 15.1 Å². The van der Waals surface area contributed by atoms with Crippen LogP contribution in [0.3, 0.4) is 0 Å². The van der Waals surface area contributed by atoms with Gasteiger partial charge in [-0.05, 0) is 62.1 Å². The van der Waals surface area contributed by atoms with Gasteiger partial charge in [-0.15, -0.1) is 11.8 Å². The second kappa shape index (κ2) is 14.6. The Kier molecular flexibility index (Phi) is 10.9. The number of rotatable bonds is 12. The highest BCUT2D eigenvalue weighted by Crippen LogP contribution is 2.43. The van der Waals surface area contributed by atoms with Gasteiger partial charge >= 0.3 is 11.9 Å². The molecular weight excluding hydrogens is 558 g/mol. The first kappa shape index (κ1) is 32.1. The van der Waals surface area contributed by atoms with Gasteiger partial charge in [0, 0.05) is 33.6 Å². The summed E-state index contributed by atoms with van der Waals surface area (Å²) in [7, 11) is 0. The summed E-state index contributed by atoms with van der Waals surface area (Å²) < 4.78 is 13.4. The standard InChI is InChI=1S/C35H43N3O4S/c1-8-18-43-28-16-14-26(15-17-28)33-29(19-38(37-33)27-12-10-9-11-13-27)32-30(34(39)41-20-22(2)3)24(6)36-25(7)31(32)35(40)42-21-23(4)5/h9-17,19,22-23,32,36H,8,18,20-21H2,1-7H3. The lowest BCUT2D eigenvalue weighted by atomic mass is 9.79. The quantitative estimate of drug-likeness (QED) is 0.168. The number of para-hydroxylation sites is 1. The molecule has 0 saturated heterocycles. The first-order chi connectivity index (χ1) is 20.6. The van der Waals surface area contributed by atoms with Gasteiger partial charge in [0.2, 0.25) is 0 Å². The molecule has 7 nitrogen and oxygen atoms in total. The minimum atomic E-state index is -0.748. The van der Waals surface area contributed by atoms with E-state index in [4.69, 9.17) is 14.6 Å². The number of thioether (sulfide) groups is 1. The van der Waals surface area contributed by atoms with Crippen molar-refractivity contribution in [3.05, 3.63) is 88.9 Å². The molecule has 4 rings (SSSR count). The van der Waals surface area contributed by atoms with Gasteiger partial charge in [0.1, 0.15) is 0 Å². The number of benzene rings is 2. The number of nitrogens with one attached hydrogen (secondary N) is 1. The topological polar surface area (TPSA) is 82.5 Å². The molecule has 0 saturated carbocycles. The number of carbonyl (C=O) groups is 2. The molecule has 1 aliphatic rings. The molecule has 1 aliphatic heterocycles. The average Bonchev–Trinajstić information content (AvgIpc) is 3.43. The molecule has 0 bridgehead atoms. The van der Waals surface area contributed by atoms with Gasteiger partial charge in [-0.2, -0.15) is 5.10 Å². The zero-order valence-electron chi connectivity index (χ0n) is 26.3. The van der Waals surface area contributed by atoms with Crippen molar-refractivity contribution in [1.29, 1.82) is 0 Å². The second-order valence-corrected chi connectivity index (χ2v) is 12.9. The Labute approximate surface area is 259 Å². The Hall–Kier alpha value is -3.78. The van der Waals surface area contributed by atoms with Crippen LogP contribution in [0.1, 0.15) is 66.4 Å². The predicted octanol–water partition coefficient (Wildman–Crippen LogP) is 7.67. The first-order valence-corrected chi connectivity index (χ1v) is 16.0. The highest BCUT2D eigenvalue weighted by Gasteiger charge is 2.40. The zero-order valence-corrected chi connectivity index (χ0v) is 27.1. The minimum absolute atomic E-state index is 0.160. The first-order valence-electron chi connectivity index (χ1n) is 15.0. The third kappa shape index (κ3) is 7.79. The number of allylic oxidation sites excluding steroid dienone is 2. The van der Waals surface area contributed by atoms with E-state index < -0.39 is 17.9 Å². The minimum Gasteiger partial charge on any atom is -0.462 e. The van der Waals surface area contributed by atoms with Crippen molar-refractivity contribution < 1.29 is 19.1 Å². The molecular formula is C35H43N3O4S. The van der Waals surface area contributed by atoms with Gasteiger partial charge in [0.15, 0.2) is 0 Å². The number of hydrogen-bond acceptors (Lipinski definition) is 7. The lowest BCUT2D eigenvalue weighted by molar-refractivity contribution is -0.141. The molecule has 43 heavy (non-hydrogen) atoms. The molecule has 0 spiro atoms. The molecule has 1 aromatic heterocycles. The fraction of sp³-hybridized carbons (Fsp3) is 0.400. The van der Waals surface area contributed by atoms with Crippen molar-refractivity contribution in [3.63, 3.8) is 0 Å². The highest BCUT2D eigenvalue weighted by molar-refractivity contribution is 7.99. The molecule has 0 amide bonds. The van der Waals surface area contributed by atoms with Crippen LogP contribution in [-0.2, 0) is 19.1 Å². The fourth-order valence-corrected chi connectivity index (χ4v) is 5.72. The number of hydrogen-bond donors (Lipinski definition) is 1. The molecule has 1 N–H and O–H groups in total. The summed E-state index contributed by atoms with van der Waals surface area (Å²) in [5.74, 6) is -0.311. The molecule has 8 heteroatoms. The van der Waals surface area contributed by atoms with E-state index in [1.54, 1.807) is 0 Å². The van der Waals surface area contributed by atoms with Crippen LogP contribution < -0.4 is 5.32 Å². The molecule has 0 radical (unpaired) electrons. The molecule has 3 aromatic rings. The molecule has 0 fully saturated rings. The summed E-state index contributed by atoms with van der Waals surface area (Å²) in [6, 6.07) is 18.1. The van der Waals surface area contributed by atoms with Crippen molar-refractivity contribution in [2.45, 2.75) is 65.7 Å². The lowest BCUT2D eigenvalue weighted by Gasteiger charge is -2.30. The Morgan fingerprint density at radius 3 is 1.95 bits per heavy atom. The average molecular weight is 602 g/mol. The predicted molar refractivity (Wildman–Crippen MR) is 173 cm³/mol. The Balaban J connectivity index is 1.92. The van der Waals surface area contributed by atoms with E-state index >= 15 is 0 Å². The maximum atomic E-state index is 13.8. The second-order valence-electron chi connectivity index (χ2n) is 11.7. The van der Waals surface area contributed by atoms with E-state index in [0.717, 1.165) is 29.0 Å².